The molecule has 0 spiro atoms. The maximum atomic E-state index is 12.0. The normalized spacial score (nSPS) is 22.2. The molecule has 1 atom stereocenters. The van der Waals surface area contributed by atoms with Gasteiger partial charge in [0.15, 0.2) is 0 Å². The van der Waals surface area contributed by atoms with E-state index >= 15 is 0 Å². The Labute approximate surface area is 111 Å². The van der Waals surface area contributed by atoms with E-state index in [9.17, 15) is 9.90 Å². The molecule has 0 aromatic carbocycles. The molecule has 1 fully saturated rings. The zero-order valence-corrected chi connectivity index (χ0v) is 12.0. The summed E-state index contributed by atoms with van der Waals surface area (Å²) in [4.78, 5) is 12.0. The summed E-state index contributed by atoms with van der Waals surface area (Å²) in [6, 6.07) is 0. The number of hydrogen-bond acceptors (Lipinski definition) is 3. The van der Waals surface area contributed by atoms with E-state index in [1.54, 1.807) is 6.92 Å². The summed E-state index contributed by atoms with van der Waals surface area (Å²) in [5, 5.41) is 16.1. The lowest BCUT2D eigenvalue weighted by molar-refractivity contribution is -0.124. The number of nitrogens with one attached hydrogen (secondary N) is 2. The second-order valence-electron chi connectivity index (χ2n) is 5.89. The number of hydrogen-bond donors (Lipinski definition) is 3. The van der Waals surface area contributed by atoms with Crippen LogP contribution in [0.15, 0.2) is 0 Å². The Hall–Kier alpha value is -0.610. The van der Waals surface area contributed by atoms with Gasteiger partial charge in [0, 0.05) is 18.5 Å². The third-order valence-corrected chi connectivity index (χ3v) is 4.27. The van der Waals surface area contributed by atoms with E-state index in [2.05, 4.69) is 10.6 Å². The van der Waals surface area contributed by atoms with E-state index in [0.717, 1.165) is 12.8 Å². The molecule has 3 N–H and O–H groups in total. The molecule has 4 heteroatoms. The molecule has 1 saturated carbocycles. The molecular formula is C14H28N2O2. The molecule has 0 radical (unpaired) electrons. The standard InChI is InChI=1S/C14H28N2O2/c1-4-13(2,18)11-16-12(17)10-14(15-3)8-6-5-7-9-14/h15,18H,4-11H2,1-3H3,(H,16,17). The summed E-state index contributed by atoms with van der Waals surface area (Å²) in [6.07, 6.45) is 6.97. The molecule has 0 aromatic rings. The summed E-state index contributed by atoms with van der Waals surface area (Å²) in [5.41, 5.74) is -0.824. The van der Waals surface area contributed by atoms with Crippen LogP contribution < -0.4 is 10.6 Å². The molecule has 1 rings (SSSR count). The van der Waals surface area contributed by atoms with Crippen LogP contribution in [-0.4, -0.2) is 35.7 Å². The molecule has 0 aromatic heterocycles. The van der Waals surface area contributed by atoms with Gasteiger partial charge in [0.1, 0.15) is 0 Å². The van der Waals surface area contributed by atoms with Gasteiger partial charge in [-0.2, -0.15) is 0 Å². The Morgan fingerprint density at radius 1 is 1.33 bits per heavy atom. The van der Waals surface area contributed by atoms with Gasteiger partial charge in [0.25, 0.3) is 0 Å². The molecule has 4 nitrogen and oxygen atoms in total. The number of carbonyl (C=O) groups excluding carboxylic acids is 1. The van der Waals surface area contributed by atoms with Crippen molar-refractivity contribution in [2.45, 2.75) is 69.9 Å². The van der Waals surface area contributed by atoms with Crippen LogP contribution in [0.1, 0.15) is 58.8 Å². The van der Waals surface area contributed by atoms with E-state index in [0.29, 0.717) is 19.4 Å². The molecule has 1 aliphatic rings. The minimum atomic E-state index is -0.797. The quantitative estimate of drug-likeness (QED) is 0.676. The van der Waals surface area contributed by atoms with Gasteiger partial charge in [-0.1, -0.05) is 26.2 Å². The number of carbonyl (C=O) groups is 1. The minimum Gasteiger partial charge on any atom is -0.388 e. The Morgan fingerprint density at radius 2 is 1.94 bits per heavy atom. The summed E-state index contributed by atoms with van der Waals surface area (Å²) in [7, 11) is 1.95. The van der Waals surface area contributed by atoms with Crippen LogP contribution in [0.25, 0.3) is 0 Å². The fourth-order valence-corrected chi connectivity index (χ4v) is 2.53. The maximum absolute atomic E-state index is 12.0. The molecule has 1 amide bonds. The van der Waals surface area contributed by atoms with Crippen LogP contribution in [0.2, 0.25) is 0 Å². The Morgan fingerprint density at radius 3 is 2.44 bits per heavy atom. The highest BCUT2D eigenvalue weighted by molar-refractivity contribution is 5.77. The van der Waals surface area contributed by atoms with Crippen molar-refractivity contribution in [1.29, 1.82) is 0 Å². The predicted octanol–water partition coefficient (Wildman–Crippen LogP) is 1.58. The molecule has 0 bridgehead atoms. The molecule has 0 saturated heterocycles. The summed E-state index contributed by atoms with van der Waals surface area (Å²) >= 11 is 0. The molecule has 1 unspecified atom stereocenters. The molecule has 106 valence electrons. The van der Waals surface area contributed by atoms with Crippen LogP contribution in [-0.2, 0) is 4.79 Å². The van der Waals surface area contributed by atoms with Crippen LogP contribution in [0.5, 0.6) is 0 Å². The van der Waals surface area contributed by atoms with Crippen LogP contribution in [0.3, 0.4) is 0 Å². The average molecular weight is 256 g/mol. The van der Waals surface area contributed by atoms with Gasteiger partial charge in [-0.05, 0) is 33.2 Å². The molecular weight excluding hydrogens is 228 g/mol. The zero-order chi connectivity index (χ0) is 13.6. The van der Waals surface area contributed by atoms with Crippen LogP contribution >= 0.6 is 0 Å². The third-order valence-electron chi connectivity index (χ3n) is 4.27. The largest absolute Gasteiger partial charge is 0.388 e. The first-order valence-electron chi connectivity index (χ1n) is 7.11. The number of rotatable bonds is 6. The minimum absolute atomic E-state index is 0.0274. The van der Waals surface area contributed by atoms with Crippen LogP contribution in [0.4, 0.5) is 0 Å². The van der Waals surface area contributed by atoms with Crippen molar-refractivity contribution in [3.8, 4) is 0 Å². The van der Waals surface area contributed by atoms with Gasteiger partial charge in [0.05, 0.1) is 5.60 Å². The molecule has 0 heterocycles. The zero-order valence-electron chi connectivity index (χ0n) is 12.0. The van der Waals surface area contributed by atoms with Gasteiger partial charge in [-0.3, -0.25) is 4.79 Å². The predicted molar refractivity (Wildman–Crippen MR) is 73.4 cm³/mol. The fraction of sp³-hybridized carbons (Fsp3) is 0.929. The van der Waals surface area contributed by atoms with Crippen molar-refractivity contribution in [1.82, 2.24) is 10.6 Å². The first-order chi connectivity index (χ1) is 8.43. The van der Waals surface area contributed by atoms with Crippen molar-refractivity contribution in [3.63, 3.8) is 0 Å². The van der Waals surface area contributed by atoms with Gasteiger partial charge in [-0.25, -0.2) is 0 Å². The smallest absolute Gasteiger partial charge is 0.221 e. The number of amides is 1. The molecule has 18 heavy (non-hydrogen) atoms. The summed E-state index contributed by atoms with van der Waals surface area (Å²) < 4.78 is 0. The van der Waals surface area contributed by atoms with Crippen molar-refractivity contribution in [2.75, 3.05) is 13.6 Å². The van der Waals surface area contributed by atoms with Gasteiger partial charge in [0.2, 0.25) is 5.91 Å². The van der Waals surface area contributed by atoms with Crippen molar-refractivity contribution in [3.05, 3.63) is 0 Å². The van der Waals surface area contributed by atoms with E-state index in [4.69, 9.17) is 0 Å². The lowest BCUT2D eigenvalue weighted by atomic mass is 9.79. The molecule has 0 aliphatic heterocycles. The van der Waals surface area contributed by atoms with Gasteiger partial charge >= 0.3 is 0 Å². The highest BCUT2D eigenvalue weighted by Gasteiger charge is 2.32. The van der Waals surface area contributed by atoms with Crippen molar-refractivity contribution >= 4 is 5.91 Å². The van der Waals surface area contributed by atoms with E-state index in [1.165, 1.54) is 19.3 Å². The topological polar surface area (TPSA) is 61.4 Å². The Kier molecular flexibility index (Phi) is 5.60. The third kappa shape index (κ3) is 4.58. The molecule has 1 aliphatic carbocycles. The van der Waals surface area contributed by atoms with Crippen molar-refractivity contribution in [2.24, 2.45) is 0 Å². The van der Waals surface area contributed by atoms with E-state index in [-0.39, 0.29) is 11.4 Å². The maximum Gasteiger partial charge on any atom is 0.221 e. The van der Waals surface area contributed by atoms with Gasteiger partial charge < -0.3 is 15.7 Å². The van der Waals surface area contributed by atoms with E-state index in [1.807, 2.05) is 14.0 Å². The lowest BCUT2D eigenvalue weighted by Gasteiger charge is -2.37. The average Bonchev–Trinajstić information content (AvgIpc) is 2.38. The summed E-state index contributed by atoms with van der Waals surface area (Å²) in [6.45, 7) is 4.01. The Balaban J connectivity index is 2.42. The monoisotopic (exact) mass is 256 g/mol. The first kappa shape index (κ1) is 15.4. The van der Waals surface area contributed by atoms with E-state index < -0.39 is 5.60 Å². The summed E-state index contributed by atoms with van der Waals surface area (Å²) in [5.74, 6) is 0.0416. The van der Waals surface area contributed by atoms with Crippen molar-refractivity contribution < 1.29 is 9.90 Å². The number of aliphatic hydroxyl groups is 1. The SMILES string of the molecule is CCC(C)(O)CNC(=O)CC1(NC)CCCCC1. The highest BCUT2D eigenvalue weighted by atomic mass is 16.3. The highest BCUT2D eigenvalue weighted by Crippen LogP contribution is 2.30. The second-order valence-corrected chi connectivity index (χ2v) is 5.89. The Bertz CT molecular complexity index is 271. The van der Waals surface area contributed by atoms with Gasteiger partial charge in [-0.15, -0.1) is 0 Å². The fourth-order valence-electron chi connectivity index (χ4n) is 2.53. The first-order valence-corrected chi connectivity index (χ1v) is 7.11. The second kappa shape index (κ2) is 6.53. The lowest BCUT2D eigenvalue weighted by Crippen LogP contribution is -2.49. The van der Waals surface area contributed by atoms with Crippen LogP contribution in [0, 0.1) is 0 Å².